The fraction of sp³-hybridized carbons (Fsp3) is 0.250. The highest BCUT2D eigenvalue weighted by atomic mass is 32.2. The molecular weight excluding hydrogens is 284 g/mol. The number of hydrogen-bond acceptors (Lipinski definition) is 4. The number of amides is 1. The molecule has 1 aromatic carbocycles. The van der Waals surface area contributed by atoms with Gasteiger partial charge in [0.25, 0.3) is 5.91 Å². The molecule has 0 aliphatic heterocycles. The maximum absolute atomic E-state index is 12.2. The van der Waals surface area contributed by atoms with Crippen molar-refractivity contribution in [1.82, 2.24) is 4.98 Å². The quantitative estimate of drug-likeness (QED) is 0.832. The molecule has 2 rings (SSSR count). The molecule has 2 N–H and O–H groups in total. The molecule has 1 aromatic heterocycles. The molecule has 0 aliphatic rings. The van der Waals surface area contributed by atoms with Gasteiger partial charge in [0.15, 0.2) is 0 Å². The summed E-state index contributed by atoms with van der Waals surface area (Å²) >= 11 is 1.64. The number of nitrogens with one attached hydrogen (secondary N) is 1. The summed E-state index contributed by atoms with van der Waals surface area (Å²) < 4.78 is 0. The molecule has 110 valence electrons. The molecule has 1 amide bonds. The summed E-state index contributed by atoms with van der Waals surface area (Å²) in [7, 11) is 0. The Kier molecular flexibility index (Phi) is 5.36. The molecule has 2 aromatic rings. The van der Waals surface area contributed by atoms with Crippen LogP contribution in [0.1, 0.15) is 28.4 Å². The highest BCUT2D eigenvalue weighted by Gasteiger charge is 2.09. The van der Waals surface area contributed by atoms with E-state index >= 15 is 0 Å². The first-order valence-corrected chi connectivity index (χ1v) is 7.73. The number of thioether (sulfide) groups is 1. The van der Waals surface area contributed by atoms with Gasteiger partial charge in [-0.3, -0.25) is 4.79 Å². The SMILES string of the molecule is CCSc1ccc(C(=O)Nc2cc(CO)ccc2C)cn1. The third-order valence-electron chi connectivity index (χ3n) is 3.02. The molecule has 0 spiro atoms. The molecule has 0 bridgehead atoms. The molecule has 0 atom stereocenters. The van der Waals surface area contributed by atoms with Gasteiger partial charge in [-0.15, -0.1) is 11.8 Å². The van der Waals surface area contributed by atoms with Crippen molar-refractivity contribution >= 4 is 23.4 Å². The number of carbonyl (C=O) groups is 1. The van der Waals surface area contributed by atoms with Crippen molar-refractivity contribution in [3.63, 3.8) is 0 Å². The Hall–Kier alpha value is -1.85. The summed E-state index contributed by atoms with van der Waals surface area (Å²) in [6.07, 6.45) is 1.58. The molecule has 4 nitrogen and oxygen atoms in total. The van der Waals surface area contributed by atoms with Crippen molar-refractivity contribution in [3.05, 3.63) is 53.2 Å². The fourth-order valence-electron chi connectivity index (χ4n) is 1.84. The lowest BCUT2D eigenvalue weighted by molar-refractivity contribution is 0.102. The Morgan fingerprint density at radius 3 is 2.76 bits per heavy atom. The predicted octanol–water partition coefficient (Wildman–Crippen LogP) is 3.25. The second-order valence-electron chi connectivity index (χ2n) is 4.58. The van der Waals surface area contributed by atoms with Crippen LogP contribution >= 0.6 is 11.8 Å². The minimum atomic E-state index is -0.200. The predicted molar refractivity (Wildman–Crippen MR) is 85.7 cm³/mol. The summed E-state index contributed by atoms with van der Waals surface area (Å²) in [4.78, 5) is 16.5. The molecule has 0 aliphatic carbocycles. The van der Waals surface area contributed by atoms with Crippen LogP contribution in [0.4, 0.5) is 5.69 Å². The molecule has 0 saturated carbocycles. The third-order valence-corrected chi connectivity index (χ3v) is 3.85. The number of aliphatic hydroxyl groups excluding tert-OH is 1. The van der Waals surface area contributed by atoms with Crippen molar-refractivity contribution in [2.45, 2.75) is 25.5 Å². The highest BCUT2D eigenvalue weighted by Crippen LogP contribution is 2.19. The zero-order valence-corrected chi connectivity index (χ0v) is 12.9. The number of aliphatic hydroxyl groups is 1. The van der Waals surface area contributed by atoms with Crippen LogP contribution in [0, 0.1) is 6.92 Å². The maximum atomic E-state index is 12.2. The normalized spacial score (nSPS) is 10.4. The van der Waals surface area contributed by atoms with E-state index in [9.17, 15) is 4.79 Å². The van der Waals surface area contributed by atoms with E-state index in [4.69, 9.17) is 5.11 Å². The maximum Gasteiger partial charge on any atom is 0.257 e. The Bertz CT molecular complexity index is 627. The molecule has 0 unspecified atom stereocenters. The molecule has 0 fully saturated rings. The standard InChI is InChI=1S/C16H18N2O2S/c1-3-21-15-7-6-13(9-17-15)16(20)18-14-8-12(10-19)5-4-11(14)2/h4-9,19H,3,10H2,1-2H3,(H,18,20). The van der Waals surface area contributed by atoms with Crippen molar-refractivity contribution < 1.29 is 9.90 Å². The number of aryl methyl sites for hydroxylation is 1. The van der Waals surface area contributed by atoms with Gasteiger partial charge in [0.1, 0.15) is 0 Å². The summed E-state index contributed by atoms with van der Waals surface area (Å²) in [5.74, 6) is 0.750. The number of benzene rings is 1. The minimum absolute atomic E-state index is 0.0480. The number of rotatable bonds is 5. The van der Waals surface area contributed by atoms with Gasteiger partial charge in [0.2, 0.25) is 0 Å². The first-order chi connectivity index (χ1) is 10.1. The molecule has 5 heteroatoms. The summed E-state index contributed by atoms with van der Waals surface area (Å²) in [5, 5.41) is 12.9. The van der Waals surface area contributed by atoms with Crippen LogP contribution in [0.2, 0.25) is 0 Å². The average molecular weight is 302 g/mol. The van der Waals surface area contributed by atoms with Crippen molar-refractivity contribution in [1.29, 1.82) is 0 Å². The van der Waals surface area contributed by atoms with Crippen molar-refractivity contribution in [2.75, 3.05) is 11.1 Å². The summed E-state index contributed by atoms with van der Waals surface area (Å²) in [6.45, 7) is 3.92. The van der Waals surface area contributed by atoms with E-state index in [0.29, 0.717) is 11.3 Å². The molecule has 21 heavy (non-hydrogen) atoms. The van der Waals surface area contributed by atoms with Gasteiger partial charge in [-0.05, 0) is 42.0 Å². The van der Waals surface area contributed by atoms with Crippen LogP contribution in [0.15, 0.2) is 41.6 Å². The largest absolute Gasteiger partial charge is 0.392 e. The number of nitrogens with zero attached hydrogens (tertiary/aromatic N) is 1. The lowest BCUT2D eigenvalue weighted by Gasteiger charge is -2.10. The van der Waals surface area contributed by atoms with Crippen molar-refractivity contribution in [3.8, 4) is 0 Å². The van der Waals surface area contributed by atoms with Crippen LogP contribution in [0.5, 0.6) is 0 Å². The van der Waals surface area contributed by atoms with E-state index in [1.54, 1.807) is 30.1 Å². The second kappa shape index (κ2) is 7.24. The van der Waals surface area contributed by atoms with Crippen LogP contribution in [0.25, 0.3) is 0 Å². The van der Waals surface area contributed by atoms with Crippen LogP contribution in [-0.4, -0.2) is 21.8 Å². The number of aromatic nitrogens is 1. The van der Waals surface area contributed by atoms with Gasteiger partial charge in [-0.1, -0.05) is 19.1 Å². The van der Waals surface area contributed by atoms with Crippen molar-refractivity contribution in [2.24, 2.45) is 0 Å². The van der Waals surface area contributed by atoms with Gasteiger partial charge < -0.3 is 10.4 Å². The number of carbonyl (C=O) groups excluding carboxylic acids is 1. The zero-order chi connectivity index (χ0) is 15.2. The topological polar surface area (TPSA) is 62.2 Å². The van der Waals surface area contributed by atoms with Crippen LogP contribution in [0.3, 0.4) is 0 Å². The summed E-state index contributed by atoms with van der Waals surface area (Å²) in [5.41, 5.74) is 2.94. The molecule has 1 heterocycles. The van der Waals surface area contributed by atoms with Crippen LogP contribution in [-0.2, 0) is 6.61 Å². The molecule has 0 radical (unpaired) electrons. The monoisotopic (exact) mass is 302 g/mol. The van der Waals surface area contributed by atoms with E-state index in [1.165, 1.54) is 0 Å². The zero-order valence-electron chi connectivity index (χ0n) is 12.1. The highest BCUT2D eigenvalue weighted by molar-refractivity contribution is 7.99. The van der Waals surface area contributed by atoms with Gasteiger partial charge in [-0.2, -0.15) is 0 Å². The lowest BCUT2D eigenvalue weighted by atomic mass is 10.1. The van der Waals surface area contributed by atoms with Gasteiger partial charge in [0.05, 0.1) is 17.2 Å². The summed E-state index contributed by atoms with van der Waals surface area (Å²) in [6, 6.07) is 9.11. The second-order valence-corrected chi connectivity index (χ2v) is 5.86. The smallest absolute Gasteiger partial charge is 0.257 e. The van der Waals surface area contributed by atoms with Gasteiger partial charge >= 0.3 is 0 Å². The van der Waals surface area contributed by atoms with E-state index in [2.05, 4.69) is 17.2 Å². The Morgan fingerprint density at radius 2 is 2.14 bits per heavy atom. The Balaban J connectivity index is 2.14. The van der Waals surface area contributed by atoms with Crippen LogP contribution < -0.4 is 5.32 Å². The fourth-order valence-corrected chi connectivity index (χ4v) is 2.43. The average Bonchev–Trinajstić information content (AvgIpc) is 2.50. The first kappa shape index (κ1) is 15.5. The van der Waals surface area contributed by atoms with E-state index < -0.39 is 0 Å². The lowest BCUT2D eigenvalue weighted by Crippen LogP contribution is -2.13. The number of hydrogen-bond donors (Lipinski definition) is 2. The number of anilines is 1. The van der Waals surface area contributed by atoms with Gasteiger partial charge in [0, 0.05) is 11.9 Å². The number of pyridine rings is 1. The third kappa shape index (κ3) is 4.06. The Morgan fingerprint density at radius 1 is 1.33 bits per heavy atom. The van der Waals surface area contributed by atoms with E-state index in [-0.39, 0.29) is 12.5 Å². The first-order valence-electron chi connectivity index (χ1n) is 6.74. The van der Waals surface area contributed by atoms with Gasteiger partial charge in [-0.25, -0.2) is 4.98 Å². The van der Waals surface area contributed by atoms with E-state index in [0.717, 1.165) is 21.9 Å². The molecule has 0 saturated heterocycles. The minimum Gasteiger partial charge on any atom is -0.392 e. The molecular formula is C16H18N2O2S. The Labute approximate surface area is 128 Å². The van der Waals surface area contributed by atoms with E-state index in [1.807, 2.05) is 25.1 Å².